The van der Waals surface area contributed by atoms with Crippen LogP contribution in [0.3, 0.4) is 0 Å². The number of amides is 1. The summed E-state index contributed by atoms with van der Waals surface area (Å²) >= 11 is 1.38. The molecule has 0 fully saturated rings. The van der Waals surface area contributed by atoms with Gasteiger partial charge < -0.3 is 19.5 Å². The second-order valence-corrected chi connectivity index (χ2v) is 6.20. The largest absolute Gasteiger partial charge is 0.493 e. The predicted octanol–water partition coefficient (Wildman–Crippen LogP) is 3.61. The smallest absolute Gasteiger partial charge is 0.338 e. The van der Waals surface area contributed by atoms with Crippen molar-refractivity contribution in [2.75, 3.05) is 31.9 Å². The Hall–Kier alpha value is -2.67. The number of thioether (sulfide) groups is 1. The van der Waals surface area contributed by atoms with E-state index in [1.165, 1.54) is 11.8 Å². The topological polar surface area (TPSA) is 73.9 Å². The Labute approximate surface area is 156 Å². The molecule has 0 saturated heterocycles. The van der Waals surface area contributed by atoms with E-state index >= 15 is 0 Å². The lowest BCUT2D eigenvalue weighted by Gasteiger charge is -2.10. The molecule has 0 aliphatic heterocycles. The van der Waals surface area contributed by atoms with Crippen molar-refractivity contribution >= 4 is 29.3 Å². The lowest BCUT2D eigenvalue weighted by molar-refractivity contribution is -0.113. The zero-order valence-corrected chi connectivity index (χ0v) is 15.7. The monoisotopic (exact) mass is 375 g/mol. The van der Waals surface area contributed by atoms with Crippen molar-refractivity contribution < 1.29 is 23.8 Å². The van der Waals surface area contributed by atoms with Crippen LogP contribution >= 0.6 is 11.8 Å². The Balaban J connectivity index is 1.95. The number of carbonyl (C=O) groups excluding carboxylic acids is 2. The molecule has 0 saturated carbocycles. The van der Waals surface area contributed by atoms with E-state index in [2.05, 4.69) is 5.32 Å². The Morgan fingerprint density at radius 2 is 1.81 bits per heavy atom. The van der Waals surface area contributed by atoms with Gasteiger partial charge in [-0.2, -0.15) is 0 Å². The summed E-state index contributed by atoms with van der Waals surface area (Å²) in [7, 11) is 3.14. The van der Waals surface area contributed by atoms with Crippen molar-refractivity contribution in [1.82, 2.24) is 0 Å². The van der Waals surface area contributed by atoms with Crippen molar-refractivity contribution in [3.05, 3.63) is 48.0 Å². The van der Waals surface area contributed by atoms with Gasteiger partial charge in [0.05, 0.1) is 32.1 Å². The van der Waals surface area contributed by atoms with Gasteiger partial charge in [0.15, 0.2) is 11.5 Å². The summed E-state index contributed by atoms with van der Waals surface area (Å²) in [5.74, 6) is 0.880. The number of rotatable bonds is 8. The molecule has 6 nitrogen and oxygen atoms in total. The fourth-order valence-corrected chi connectivity index (χ4v) is 2.92. The molecule has 2 aromatic carbocycles. The highest BCUT2D eigenvalue weighted by Gasteiger charge is 2.10. The van der Waals surface area contributed by atoms with Gasteiger partial charge in [0.25, 0.3) is 0 Å². The van der Waals surface area contributed by atoms with Crippen LogP contribution in [0.1, 0.15) is 17.3 Å². The van der Waals surface area contributed by atoms with E-state index in [1.54, 1.807) is 51.5 Å². The molecule has 0 aliphatic carbocycles. The summed E-state index contributed by atoms with van der Waals surface area (Å²) in [5, 5.41) is 2.78. The summed E-state index contributed by atoms with van der Waals surface area (Å²) < 4.78 is 15.4. The lowest BCUT2D eigenvalue weighted by Crippen LogP contribution is -2.14. The van der Waals surface area contributed by atoms with Gasteiger partial charge in [0, 0.05) is 10.6 Å². The SMILES string of the molecule is CCOC(=O)c1cccc(NC(=O)CSc2ccc(OC)c(OC)c2)c1. The highest BCUT2D eigenvalue weighted by molar-refractivity contribution is 8.00. The maximum Gasteiger partial charge on any atom is 0.338 e. The third-order valence-electron chi connectivity index (χ3n) is 3.38. The fourth-order valence-electron chi connectivity index (χ4n) is 2.19. The predicted molar refractivity (Wildman–Crippen MR) is 101 cm³/mol. The van der Waals surface area contributed by atoms with Crippen molar-refractivity contribution in [2.45, 2.75) is 11.8 Å². The van der Waals surface area contributed by atoms with Crippen LogP contribution < -0.4 is 14.8 Å². The zero-order valence-electron chi connectivity index (χ0n) is 14.9. The van der Waals surface area contributed by atoms with Gasteiger partial charge in [0.1, 0.15) is 0 Å². The quantitative estimate of drug-likeness (QED) is 0.561. The van der Waals surface area contributed by atoms with E-state index < -0.39 is 5.97 Å². The number of esters is 1. The summed E-state index contributed by atoms with van der Waals surface area (Å²) in [6.07, 6.45) is 0. The lowest BCUT2D eigenvalue weighted by atomic mass is 10.2. The molecule has 1 N–H and O–H groups in total. The van der Waals surface area contributed by atoms with Gasteiger partial charge in [0.2, 0.25) is 5.91 Å². The van der Waals surface area contributed by atoms with Crippen molar-refractivity contribution in [2.24, 2.45) is 0 Å². The minimum Gasteiger partial charge on any atom is -0.493 e. The molecule has 0 aromatic heterocycles. The molecule has 1 amide bonds. The number of methoxy groups -OCH3 is 2. The molecule has 0 radical (unpaired) electrons. The third-order valence-corrected chi connectivity index (χ3v) is 4.38. The molecular weight excluding hydrogens is 354 g/mol. The molecule has 138 valence electrons. The number of carbonyl (C=O) groups is 2. The number of nitrogens with one attached hydrogen (secondary N) is 1. The van der Waals surface area contributed by atoms with Crippen molar-refractivity contribution in [1.29, 1.82) is 0 Å². The normalized spacial score (nSPS) is 10.1. The van der Waals surface area contributed by atoms with Crippen molar-refractivity contribution in [3.8, 4) is 11.5 Å². The zero-order chi connectivity index (χ0) is 18.9. The van der Waals surface area contributed by atoms with Gasteiger partial charge in [-0.3, -0.25) is 4.79 Å². The molecule has 0 heterocycles. The van der Waals surface area contributed by atoms with Gasteiger partial charge in [-0.25, -0.2) is 4.79 Å². The Bertz CT molecular complexity index is 778. The molecule has 0 spiro atoms. The van der Waals surface area contributed by atoms with Gasteiger partial charge in [-0.1, -0.05) is 6.07 Å². The number of hydrogen-bond donors (Lipinski definition) is 1. The molecule has 2 rings (SSSR count). The summed E-state index contributed by atoms with van der Waals surface area (Å²) in [5.41, 5.74) is 0.950. The maximum absolute atomic E-state index is 12.2. The molecule has 2 aromatic rings. The van der Waals surface area contributed by atoms with E-state index in [9.17, 15) is 9.59 Å². The highest BCUT2D eigenvalue weighted by atomic mass is 32.2. The third kappa shape index (κ3) is 5.42. The van der Waals surface area contributed by atoms with Gasteiger partial charge in [-0.15, -0.1) is 11.8 Å². The number of anilines is 1. The summed E-state index contributed by atoms with van der Waals surface area (Å²) in [6, 6.07) is 12.1. The van der Waals surface area contributed by atoms with Crippen LogP contribution in [0.4, 0.5) is 5.69 Å². The minimum absolute atomic E-state index is 0.175. The van der Waals surface area contributed by atoms with Gasteiger partial charge >= 0.3 is 5.97 Å². The summed E-state index contributed by atoms with van der Waals surface area (Å²) in [6.45, 7) is 2.05. The Kier molecular flexibility index (Phi) is 7.35. The molecule has 7 heteroatoms. The van der Waals surface area contributed by atoms with Gasteiger partial charge in [-0.05, 0) is 43.3 Å². The number of ether oxygens (including phenoxy) is 3. The first-order valence-electron chi connectivity index (χ1n) is 7.99. The van der Waals surface area contributed by atoms with E-state index in [0.717, 1.165) is 4.90 Å². The van der Waals surface area contributed by atoms with Crippen LogP contribution in [0, 0.1) is 0 Å². The molecule has 0 aliphatic rings. The maximum atomic E-state index is 12.2. The van der Waals surface area contributed by atoms with Crippen LogP contribution in [0.15, 0.2) is 47.4 Å². The van der Waals surface area contributed by atoms with Crippen LogP contribution in [-0.4, -0.2) is 38.5 Å². The van der Waals surface area contributed by atoms with Crippen LogP contribution in [-0.2, 0) is 9.53 Å². The molecule has 0 atom stereocenters. The van der Waals surface area contributed by atoms with E-state index in [-0.39, 0.29) is 11.7 Å². The van der Waals surface area contributed by atoms with E-state index in [4.69, 9.17) is 14.2 Å². The fraction of sp³-hybridized carbons (Fsp3) is 0.263. The first kappa shape index (κ1) is 19.7. The number of benzene rings is 2. The van der Waals surface area contributed by atoms with E-state index in [1.807, 2.05) is 12.1 Å². The first-order chi connectivity index (χ1) is 12.6. The first-order valence-corrected chi connectivity index (χ1v) is 8.97. The standard InChI is InChI=1S/C19H21NO5S/c1-4-25-19(22)13-6-5-7-14(10-13)20-18(21)12-26-15-8-9-16(23-2)17(11-15)24-3/h5-11H,4,12H2,1-3H3,(H,20,21). The Morgan fingerprint density at radius 1 is 1.04 bits per heavy atom. The average Bonchev–Trinajstić information content (AvgIpc) is 2.66. The molecule has 0 unspecified atom stereocenters. The molecule has 26 heavy (non-hydrogen) atoms. The minimum atomic E-state index is -0.414. The van der Waals surface area contributed by atoms with Crippen LogP contribution in [0.25, 0.3) is 0 Å². The number of hydrogen-bond acceptors (Lipinski definition) is 6. The average molecular weight is 375 g/mol. The highest BCUT2D eigenvalue weighted by Crippen LogP contribution is 2.31. The van der Waals surface area contributed by atoms with Crippen molar-refractivity contribution in [3.63, 3.8) is 0 Å². The van der Waals surface area contributed by atoms with Crippen LogP contribution in [0.5, 0.6) is 11.5 Å². The van der Waals surface area contributed by atoms with Crippen LogP contribution in [0.2, 0.25) is 0 Å². The Morgan fingerprint density at radius 3 is 2.50 bits per heavy atom. The van der Waals surface area contributed by atoms with E-state index in [0.29, 0.717) is 29.4 Å². The second kappa shape index (κ2) is 9.72. The summed E-state index contributed by atoms with van der Waals surface area (Å²) in [4.78, 5) is 24.8. The molecular formula is C19H21NO5S. The second-order valence-electron chi connectivity index (χ2n) is 5.15. The molecule has 0 bridgehead atoms.